The molecule has 0 aliphatic carbocycles. The van der Waals surface area contributed by atoms with Crippen molar-refractivity contribution in [2.75, 3.05) is 12.4 Å². The van der Waals surface area contributed by atoms with E-state index >= 15 is 0 Å². The standard InChI is InChI=1S/C13H16ClNO4/c1-4-13(2,19-3)12(18)15-10-8(11(16)17)6-5-7-9(10)14/h5-7H,4H2,1-3H3,(H,15,18)(H,16,17). The van der Waals surface area contributed by atoms with Gasteiger partial charge in [0.1, 0.15) is 5.60 Å². The lowest BCUT2D eigenvalue weighted by Gasteiger charge is -2.25. The van der Waals surface area contributed by atoms with Crippen molar-refractivity contribution in [1.29, 1.82) is 0 Å². The van der Waals surface area contributed by atoms with Gasteiger partial charge in [0, 0.05) is 7.11 Å². The largest absolute Gasteiger partial charge is 0.478 e. The van der Waals surface area contributed by atoms with Crippen molar-refractivity contribution in [3.05, 3.63) is 28.8 Å². The number of carboxylic acid groups (broad SMARTS) is 1. The number of carboxylic acids is 1. The number of hydrogen-bond donors (Lipinski definition) is 2. The molecule has 1 atom stereocenters. The number of anilines is 1. The van der Waals surface area contributed by atoms with Crippen LogP contribution in [0.3, 0.4) is 0 Å². The smallest absolute Gasteiger partial charge is 0.337 e. The molecule has 104 valence electrons. The molecule has 0 bridgehead atoms. The lowest BCUT2D eigenvalue weighted by atomic mass is 10.0. The van der Waals surface area contributed by atoms with Gasteiger partial charge < -0.3 is 15.2 Å². The minimum Gasteiger partial charge on any atom is -0.478 e. The topological polar surface area (TPSA) is 75.6 Å². The molecule has 0 spiro atoms. The Labute approximate surface area is 116 Å². The number of methoxy groups -OCH3 is 1. The van der Waals surface area contributed by atoms with Gasteiger partial charge in [0.15, 0.2) is 0 Å². The van der Waals surface area contributed by atoms with Gasteiger partial charge in [-0.1, -0.05) is 24.6 Å². The number of para-hydroxylation sites is 1. The second-order valence-corrected chi connectivity index (χ2v) is 4.62. The normalized spacial score (nSPS) is 13.7. The van der Waals surface area contributed by atoms with Crippen LogP contribution in [0.25, 0.3) is 0 Å². The molecule has 0 saturated carbocycles. The summed E-state index contributed by atoms with van der Waals surface area (Å²) >= 11 is 5.94. The molecule has 1 aromatic rings. The second kappa shape index (κ2) is 6.04. The van der Waals surface area contributed by atoms with Crippen LogP contribution in [0.1, 0.15) is 30.6 Å². The minimum absolute atomic E-state index is 0.0598. The van der Waals surface area contributed by atoms with E-state index < -0.39 is 17.5 Å². The van der Waals surface area contributed by atoms with Crippen LogP contribution in [0.15, 0.2) is 18.2 Å². The molecule has 0 aliphatic rings. The van der Waals surface area contributed by atoms with Gasteiger partial charge in [0.25, 0.3) is 5.91 Å². The zero-order valence-electron chi connectivity index (χ0n) is 11.0. The van der Waals surface area contributed by atoms with E-state index in [1.54, 1.807) is 13.8 Å². The molecule has 0 saturated heterocycles. The van der Waals surface area contributed by atoms with E-state index in [1.165, 1.54) is 25.3 Å². The van der Waals surface area contributed by atoms with E-state index in [0.717, 1.165) is 0 Å². The van der Waals surface area contributed by atoms with Crippen LogP contribution in [0, 0.1) is 0 Å². The van der Waals surface area contributed by atoms with E-state index in [-0.39, 0.29) is 16.3 Å². The summed E-state index contributed by atoms with van der Waals surface area (Å²) in [5.41, 5.74) is -1.01. The lowest BCUT2D eigenvalue weighted by Crippen LogP contribution is -2.41. The van der Waals surface area contributed by atoms with Crippen molar-refractivity contribution < 1.29 is 19.4 Å². The maximum Gasteiger partial charge on any atom is 0.337 e. The van der Waals surface area contributed by atoms with Crippen molar-refractivity contribution in [2.45, 2.75) is 25.9 Å². The average Bonchev–Trinajstić information content (AvgIpc) is 2.39. The Hall–Kier alpha value is -1.59. The number of rotatable bonds is 5. The van der Waals surface area contributed by atoms with Gasteiger partial charge in [-0.15, -0.1) is 0 Å². The van der Waals surface area contributed by atoms with Crippen LogP contribution in [0.2, 0.25) is 5.02 Å². The van der Waals surface area contributed by atoms with Gasteiger partial charge >= 0.3 is 5.97 Å². The molecule has 1 rings (SSSR count). The first-order valence-electron chi connectivity index (χ1n) is 5.74. The number of nitrogens with one attached hydrogen (secondary N) is 1. The molecule has 2 N–H and O–H groups in total. The molecular weight excluding hydrogens is 270 g/mol. The highest BCUT2D eigenvalue weighted by Crippen LogP contribution is 2.28. The molecule has 6 heteroatoms. The first-order valence-corrected chi connectivity index (χ1v) is 6.12. The highest BCUT2D eigenvalue weighted by Gasteiger charge is 2.32. The number of benzene rings is 1. The van der Waals surface area contributed by atoms with Gasteiger partial charge in [0.05, 0.1) is 16.3 Å². The summed E-state index contributed by atoms with van der Waals surface area (Å²) in [6, 6.07) is 4.40. The number of carbonyl (C=O) groups excluding carboxylic acids is 1. The molecule has 1 unspecified atom stereocenters. The number of ether oxygens (including phenoxy) is 1. The van der Waals surface area contributed by atoms with Crippen LogP contribution >= 0.6 is 11.6 Å². The lowest BCUT2D eigenvalue weighted by molar-refractivity contribution is -0.136. The van der Waals surface area contributed by atoms with Crippen LogP contribution in [0.4, 0.5) is 5.69 Å². The fourth-order valence-electron chi connectivity index (χ4n) is 1.47. The van der Waals surface area contributed by atoms with Gasteiger partial charge in [-0.25, -0.2) is 4.79 Å². The van der Waals surface area contributed by atoms with Crippen molar-refractivity contribution in [3.8, 4) is 0 Å². The highest BCUT2D eigenvalue weighted by atomic mass is 35.5. The summed E-state index contributed by atoms with van der Waals surface area (Å²) in [6.45, 7) is 3.42. The molecule has 1 aromatic carbocycles. The third-order valence-electron chi connectivity index (χ3n) is 3.09. The number of hydrogen-bond acceptors (Lipinski definition) is 3. The maximum atomic E-state index is 12.1. The Morgan fingerprint density at radius 3 is 2.58 bits per heavy atom. The molecule has 1 amide bonds. The van der Waals surface area contributed by atoms with E-state index in [4.69, 9.17) is 21.4 Å². The zero-order valence-corrected chi connectivity index (χ0v) is 11.7. The van der Waals surface area contributed by atoms with Gasteiger partial charge in [-0.05, 0) is 25.5 Å². The van der Waals surface area contributed by atoms with Crippen molar-refractivity contribution in [3.63, 3.8) is 0 Å². The Morgan fingerprint density at radius 1 is 1.47 bits per heavy atom. The highest BCUT2D eigenvalue weighted by molar-refractivity contribution is 6.34. The number of amides is 1. The van der Waals surface area contributed by atoms with Gasteiger partial charge in [-0.3, -0.25) is 4.79 Å². The van der Waals surface area contributed by atoms with Gasteiger partial charge in [0.2, 0.25) is 0 Å². The third-order valence-corrected chi connectivity index (χ3v) is 3.40. The van der Waals surface area contributed by atoms with E-state index in [0.29, 0.717) is 6.42 Å². The quantitative estimate of drug-likeness (QED) is 0.872. The summed E-state index contributed by atoms with van der Waals surface area (Å²) in [7, 11) is 1.42. The number of carbonyl (C=O) groups is 2. The van der Waals surface area contributed by atoms with Crippen LogP contribution in [-0.2, 0) is 9.53 Å². The summed E-state index contributed by atoms with van der Waals surface area (Å²) in [6.07, 6.45) is 0.447. The van der Waals surface area contributed by atoms with Crippen molar-refractivity contribution in [1.82, 2.24) is 0 Å². The molecule has 5 nitrogen and oxygen atoms in total. The maximum absolute atomic E-state index is 12.1. The first-order chi connectivity index (χ1) is 8.85. The van der Waals surface area contributed by atoms with E-state index in [2.05, 4.69) is 5.32 Å². The Morgan fingerprint density at radius 2 is 2.11 bits per heavy atom. The summed E-state index contributed by atoms with van der Waals surface area (Å²) in [5, 5.41) is 11.8. The number of halogens is 1. The Balaban J connectivity index is 3.13. The van der Waals surface area contributed by atoms with E-state index in [9.17, 15) is 9.59 Å². The van der Waals surface area contributed by atoms with Crippen LogP contribution in [0.5, 0.6) is 0 Å². The summed E-state index contributed by atoms with van der Waals surface area (Å²) in [5.74, 6) is -1.60. The monoisotopic (exact) mass is 285 g/mol. The third kappa shape index (κ3) is 3.24. The van der Waals surface area contributed by atoms with Crippen molar-refractivity contribution >= 4 is 29.2 Å². The summed E-state index contributed by atoms with van der Waals surface area (Å²) in [4.78, 5) is 23.2. The fraction of sp³-hybridized carbons (Fsp3) is 0.385. The average molecular weight is 286 g/mol. The Kier molecular flexibility index (Phi) is 4.91. The predicted molar refractivity (Wildman–Crippen MR) is 72.7 cm³/mol. The fourth-order valence-corrected chi connectivity index (χ4v) is 1.69. The second-order valence-electron chi connectivity index (χ2n) is 4.21. The zero-order chi connectivity index (χ0) is 14.6. The Bertz CT molecular complexity index is 497. The first kappa shape index (κ1) is 15.5. The van der Waals surface area contributed by atoms with Crippen LogP contribution < -0.4 is 5.32 Å². The van der Waals surface area contributed by atoms with Crippen LogP contribution in [-0.4, -0.2) is 29.7 Å². The molecule has 0 radical (unpaired) electrons. The summed E-state index contributed by atoms with van der Waals surface area (Å²) < 4.78 is 5.16. The number of aromatic carboxylic acids is 1. The van der Waals surface area contributed by atoms with Crippen molar-refractivity contribution in [2.24, 2.45) is 0 Å². The molecule has 0 aliphatic heterocycles. The van der Waals surface area contributed by atoms with E-state index in [1.807, 2.05) is 0 Å². The molecule has 0 aromatic heterocycles. The molecule has 0 heterocycles. The SMILES string of the molecule is CCC(C)(OC)C(=O)Nc1c(Cl)cccc1C(=O)O. The van der Waals surface area contributed by atoms with Gasteiger partial charge in [-0.2, -0.15) is 0 Å². The molecule has 19 heavy (non-hydrogen) atoms. The molecular formula is C13H16ClNO4. The minimum atomic E-state index is -1.16. The predicted octanol–water partition coefficient (Wildman–Crippen LogP) is 2.79. The molecule has 0 fully saturated rings.